The van der Waals surface area contributed by atoms with E-state index in [-0.39, 0.29) is 11.9 Å². The van der Waals surface area contributed by atoms with Crippen molar-refractivity contribution < 1.29 is 9.53 Å². The smallest absolute Gasteiger partial charge is 0.308 e. The van der Waals surface area contributed by atoms with Crippen LogP contribution in [0.1, 0.15) is 46.0 Å². The van der Waals surface area contributed by atoms with Crippen molar-refractivity contribution in [2.75, 3.05) is 20.2 Å². The molecule has 0 aromatic rings. The fourth-order valence-electron chi connectivity index (χ4n) is 2.61. The standard InChI is InChI=1S/C13H25NO2/c1-4-8-14-9-6-5-7-12(14)10-11(2)13(15)16-3/h11-12H,4-10H2,1-3H3. The molecule has 0 N–H and O–H groups in total. The van der Waals surface area contributed by atoms with Gasteiger partial charge in [0.05, 0.1) is 13.0 Å². The van der Waals surface area contributed by atoms with Gasteiger partial charge in [-0.25, -0.2) is 0 Å². The first kappa shape index (κ1) is 13.5. The maximum atomic E-state index is 11.4. The van der Waals surface area contributed by atoms with Gasteiger partial charge in [0.15, 0.2) is 0 Å². The van der Waals surface area contributed by atoms with E-state index in [0.717, 1.165) is 6.42 Å². The minimum absolute atomic E-state index is 0.0347. The first-order chi connectivity index (χ1) is 7.69. The van der Waals surface area contributed by atoms with Gasteiger partial charge in [-0.3, -0.25) is 4.79 Å². The molecule has 94 valence electrons. The quantitative estimate of drug-likeness (QED) is 0.676. The van der Waals surface area contributed by atoms with Gasteiger partial charge in [-0.2, -0.15) is 0 Å². The van der Waals surface area contributed by atoms with Crippen molar-refractivity contribution in [1.29, 1.82) is 0 Å². The molecule has 0 aliphatic carbocycles. The zero-order valence-corrected chi connectivity index (χ0v) is 10.9. The SMILES string of the molecule is CCCN1CCCCC1CC(C)C(=O)OC. The number of rotatable bonds is 5. The van der Waals surface area contributed by atoms with Crippen molar-refractivity contribution >= 4 is 5.97 Å². The molecule has 0 amide bonds. The lowest BCUT2D eigenvalue weighted by Gasteiger charge is -2.36. The highest BCUT2D eigenvalue weighted by Crippen LogP contribution is 2.23. The van der Waals surface area contributed by atoms with Gasteiger partial charge in [0.25, 0.3) is 0 Å². The first-order valence-electron chi connectivity index (χ1n) is 6.51. The zero-order chi connectivity index (χ0) is 12.0. The van der Waals surface area contributed by atoms with Crippen LogP contribution in [0.5, 0.6) is 0 Å². The highest BCUT2D eigenvalue weighted by atomic mass is 16.5. The first-order valence-corrected chi connectivity index (χ1v) is 6.51. The number of likely N-dealkylation sites (tertiary alicyclic amines) is 1. The van der Waals surface area contributed by atoms with Gasteiger partial charge in [0.2, 0.25) is 0 Å². The molecule has 0 saturated carbocycles. The Hall–Kier alpha value is -0.570. The molecule has 2 unspecified atom stereocenters. The number of nitrogens with zero attached hydrogens (tertiary/aromatic N) is 1. The van der Waals surface area contributed by atoms with Crippen LogP contribution in [0, 0.1) is 5.92 Å². The normalized spacial score (nSPS) is 24.1. The van der Waals surface area contributed by atoms with Crippen LogP contribution in [-0.2, 0) is 9.53 Å². The summed E-state index contributed by atoms with van der Waals surface area (Å²) in [6.07, 6.45) is 6.00. The molecule has 0 bridgehead atoms. The lowest BCUT2D eigenvalue weighted by atomic mass is 9.93. The maximum Gasteiger partial charge on any atom is 0.308 e. The molecule has 3 heteroatoms. The molecule has 0 aromatic heterocycles. The predicted molar refractivity (Wildman–Crippen MR) is 65.3 cm³/mol. The summed E-state index contributed by atoms with van der Waals surface area (Å²) in [6, 6.07) is 0.586. The maximum absolute atomic E-state index is 11.4. The number of hydrogen-bond acceptors (Lipinski definition) is 3. The molecule has 0 aromatic carbocycles. The Morgan fingerprint density at radius 1 is 1.50 bits per heavy atom. The number of carbonyl (C=O) groups excluding carboxylic acids is 1. The molecule has 1 rings (SSSR count). The van der Waals surface area contributed by atoms with Crippen LogP contribution in [0.4, 0.5) is 0 Å². The van der Waals surface area contributed by atoms with Gasteiger partial charge in [0, 0.05) is 6.04 Å². The van der Waals surface area contributed by atoms with Crippen LogP contribution in [-0.4, -0.2) is 37.1 Å². The van der Waals surface area contributed by atoms with Crippen molar-refractivity contribution in [3.63, 3.8) is 0 Å². The van der Waals surface area contributed by atoms with Crippen LogP contribution in [0.25, 0.3) is 0 Å². The summed E-state index contributed by atoms with van der Waals surface area (Å²) in [5.41, 5.74) is 0. The number of ether oxygens (including phenoxy) is 1. The lowest BCUT2D eigenvalue weighted by molar-refractivity contribution is -0.145. The number of hydrogen-bond donors (Lipinski definition) is 0. The molecule has 16 heavy (non-hydrogen) atoms. The van der Waals surface area contributed by atoms with Crippen molar-refractivity contribution in [2.24, 2.45) is 5.92 Å². The molecule has 0 radical (unpaired) electrons. The zero-order valence-electron chi connectivity index (χ0n) is 10.9. The number of methoxy groups -OCH3 is 1. The average Bonchev–Trinajstić information content (AvgIpc) is 2.31. The Morgan fingerprint density at radius 2 is 2.25 bits per heavy atom. The lowest BCUT2D eigenvalue weighted by Crippen LogP contribution is -2.41. The minimum Gasteiger partial charge on any atom is -0.469 e. The third-order valence-corrected chi connectivity index (χ3v) is 3.49. The van der Waals surface area contributed by atoms with E-state index in [9.17, 15) is 4.79 Å². The van der Waals surface area contributed by atoms with Crippen LogP contribution in [0.15, 0.2) is 0 Å². The third kappa shape index (κ3) is 3.78. The highest BCUT2D eigenvalue weighted by Gasteiger charge is 2.26. The van der Waals surface area contributed by atoms with Crippen LogP contribution in [0.2, 0.25) is 0 Å². The molecule has 3 nitrogen and oxygen atoms in total. The molecule has 1 aliphatic rings. The second kappa shape index (κ2) is 6.89. The number of carbonyl (C=O) groups is 1. The van der Waals surface area contributed by atoms with E-state index in [4.69, 9.17) is 4.74 Å². The monoisotopic (exact) mass is 227 g/mol. The second-order valence-electron chi connectivity index (χ2n) is 4.85. The van der Waals surface area contributed by atoms with E-state index < -0.39 is 0 Å². The summed E-state index contributed by atoms with van der Waals surface area (Å²) in [5, 5.41) is 0. The van der Waals surface area contributed by atoms with Gasteiger partial charge in [-0.05, 0) is 38.8 Å². The van der Waals surface area contributed by atoms with Crippen molar-refractivity contribution in [3.8, 4) is 0 Å². The predicted octanol–water partition coefficient (Wildman–Crippen LogP) is 2.45. The van der Waals surface area contributed by atoms with Crippen LogP contribution < -0.4 is 0 Å². The van der Waals surface area contributed by atoms with Crippen LogP contribution >= 0.6 is 0 Å². The fraction of sp³-hybridized carbons (Fsp3) is 0.923. The van der Waals surface area contributed by atoms with Gasteiger partial charge in [-0.1, -0.05) is 20.3 Å². The fourth-order valence-corrected chi connectivity index (χ4v) is 2.61. The minimum atomic E-state index is -0.0676. The second-order valence-corrected chi connectivity index (χ2v) is 4.85. The van der Waals surface area contributed by atoms with Gasteiger partial charge in [0.1, 0.15) is 0 Å². The Kier molecular flexibility index (Phi) is 5.81. The van der Waals surface area contributed by atoms with Crippen LogP contribution in [0.3, 0.4) is 0 Å². The van der Waals surface area contributed by atoms with Crippen molar-refractivity contribution in [3.05, 3.63) is 0 Å². The number of esters is 1. The van der Waals surface area contributed by atoms with Gasteiger partial charge >= 0.3 is 5.97 Å². The van der Waals surface area contributed by atoms with E-state index in [1.807, 2.05) is 6.92 Å². The van der Waals surface area contributed by atoms with Crippen molar-refractivity contribution in [1.82, 2.24) is 4.90 Å². The van der Waals surface area contributed by atoms with Crippen molar-refractivity contribution in [2.45, 2.75) is 52.0 Å². The summed E-state index contributed by atoms with van der Waals surface area (Å²) >= 11 is 0. The summed E-state index contributed by atoms with van der Waals surface area (Å²) in [4.78, 5) is 14.0. The molecule has 1 saturated heterocycles. The van der Waals surface area contributed by atoms with E-state index in [1.54, 1.807) is 0 Å². The summed E-state index contributed by atoms with van der Waals surface area (Å²) in [7, 11) is 1.48. The molecule has 1 fully saturated rings. The van der Waals surface area contributed by atoms with E-state index >= 15 is 0 Å². The van der Waals surface area contributed by atoms with E-state index in [0.29, 0.717) is 6.04 Å². The summed E-state index contributed by atoms with van der Waals surface area (Å²) in [5.74, 6) is -0.0329. The Balaban J connectivity index is 2.45. The Morgan fingerprint density at radius 3 is 2.88 bits per heavy atom. The molecular weight excluding hydrogens is 202 g/mol. The largest absolute Gasteiger partial charge is 0.469 e. The summed E-state index contributed by atoms with van der Waals surface area (Å²) in [6.45, 7) is 6.56. The average molecular weight is 227 g/mol. The molecular formula is C13H25NO2. The van der Waals surface area contributed by atoms with E-state index in [1.165, 1.54) is 45.9 Å². The van der Waals surface area contributed by atoms with Gasteiger partial charge < -0.3 is 9.64 Å². The van der Waals surface area contributed by atoms with E-state index in [2.05, 4.69) is 11.8 Å². The Labute approximate surface area is 99.1 Å². The molecule has 2 atom stereocenters. The molecule has 1 heterocycles. The van der Waals surface area contributed by atoms with Gasteiger partial charge in [-0.15, -0.1) is 0 Å². The Bertz CT molecular complexity index is 216. The third-order valence-electron chi connectivity index (χ3n) is 3.49. The molecule has 1 aliphatic heterocycles. The number of piperidine rings is 1. The topological polar surface area (TPSA) is 29.5 Å². The highest BCUT2D eigenvalue weighted by molar-refractivity contribution is 5.71. The summed E-state index contributed by atoms with van der Waals surface area (Å²) < 4.78 is 4.79. The molecule has 0 spiro atoms.